The summed E-state index contributed by atoms with van der Waals surface area (Å²) >= 11 is 0. The molecule has 0 saturated heterocycles. The normalized spacial score (nSPS) is 9.94. The fourth-order valence-electron chi connectivity index (χ4n) is 1.50. The van der Waals surface area contributed by atoms with Crippen molar-refractivity contribution in [2.45, 2.75) is 6.92 Å². The Morgan fingerprint density at radius 3 is 2.88 bits per heavy atom. The molecule has 4 nitrogen and oxygen atoms in total. The first-order valence-electron chi connectivity index (χ1n) is 4.91. The van der Waals surface area contributed by atoms with Gasteiger partial charge in [0.2, 0.25) is 5.95 Å². The molecule has 0 amide bonds. The Balaban J connectivity index is 2.68. The molecule has 0 aliphatic heterocycles. The fourth-order valence-corrected chi connectivity index (χ4v) is 1.50. The van der Waals surface area contributed by atoms with E-state index in [-0.39, 0.29) is 11.5 Å². The summed E-state index contributed by atoms with van der Waals surface area (Å²) in [6.45, 7) is 1.76. The van der Waals surface area contributed by atoms with E-state index in [2.05, 4.69) is 9.97 Å². The number of aryl methyl sites for hydroxylation is 1. The molecule has 0 unspecified atom stereocenters. The van der Waals surface area contributed by atoms with Crippen LogP contribution in [0.1, 0.15) is 11.1 Å². The van der Waals surface area contributed by atoms with Gasteiger partial charge in [-0.05, 0) is 30.7 Å². The van der Waals surface area contributed by atoms with Crippen molar-refractivity contribution in [3.05, 3.63) is 41.3 Å². The van der Waals surface area contributed by atoms with Crippen molar-refractivity contribution in [1.29, 1.82) is 5.26 Å². The van der Waals surface area contributed by atoms with E-state index >= 15 is 0 Å². The number of nitrogen functional groups attached to an aromatic ring is 1. The molecule has 0 radical (unpaired) electrons. The molecule has 84 valence electrons. The minimum Gasteiger partial charge on any atom is -0.368 e. The van der Waals surface area contributed by atoms with Crippen LogP contribution in [-0.4, -0.2) is 9.97 Å². The molecule has 2 aromatic rings. The topological polar surface area (TPSA) is 75.6 Å². The Kier molecular flexibility index (Phi) is 2.71. The van der Waals surface area contributed by atoms with Crippen LogP contribution < -0.4 is 5.73 Å². The van der Waals surface area contributed by atoms with Crippen molar-refractivity contribution in [2.24, 2.45) is 0 Å². The van der Waals surface area contributed by atoms with Crippen LogP contribution in [0.2, 0.25) is 0 Å². The van der Waals surface area contributed by atoms with Crippen LogP contribution in [0.3, 0.4) is 0 Å². The number of hydrogen-bond acceptors (Lipinski definition) is 4. The van der Waals surface area contributed by atoms with Crippen LogP contribution in [-0.2, 0) is 0 Å². The van der Waals surface area contributed by atoms with Crippen molar-refractivity contribution in [1.82, 2.24) is 9.97 Å². The van der Waals surface area contributed by atoms with E-state index in [1.165, 1.54) is 24.4 Å². The van der Waals surface area contributed by atoms with Gasteiger partial charge in [0.1, 0.15) is 5.82 Å². The number of nitriles is 1. The molecule has 2 N–H and O–H groups in total. The zero-order chi connectivity index (χ0) is 12.4. The summed E-state index contributed by atoms with van der Waals surface area (Å²) in [6.07, 6.45) is 1.52. The SMILES string of the molecule is Cc1cnc(N)nc1-c1cc(C#N)ccc1F. The molecule has 5 heteroatoms. The highest BCUT2D eigenvalue weighted by Gasteiger charge is 2.11. The van der Waals surface area contributed by atoms with Crippen LogP contribution in [0.5, 0.6) is 0 Å². The number of rotatable bonds is 1. The minimum atomic E-state index is -0.440. The second kappa shape index (κ2) is 4.18. The Labute approximate surface area is 97.6 Å². The number of nitrogens with two attached hydrogens (primary N) is 1. The summed E-state index contributed by atoms with van der Waals surface area (Å²) in [7, 11) is 0. The second-order valence-electron chi connectivity index (χ2n) is 3.57. The molecule has 0 fully saturated rings. The van der Waals surface area contributed by atoms with Gasteiger partial charge in [0.15, 0.2) is 0 Å². The molecule has 0 bridgehead atoms. The fraction of sp³-hybridized carbons (Fsp3) is 0.0833. The molecule has 17 heavy (non-hydrogen) atoms. The molecule has 1 aromatic heterocycles. The first kappa shape index (κ1) is 11.0. The predicted octanol–water partition coefficient (Wildman–Crippen LogP) is 2.04. The Bertz CT molecular complexity index is 616. The summed E-state index contributed by atoms with van der Waals surface area (Å²) in [5.74, 6) is -0.363. The number of benzene rings is 1. The molecular formula is C12H9FN4. The Morgan fingerprint density at radius 1 is 1.41 bits per heavy atom. The van der Waals surface area contributed by atoms with Crippen LogP contribution in [0, 0.1) is 24.1 Å². The third kappa shape index (κ3) is 2.06. The lowest BCUT2D eigenvalue weighted by atomic mass is 10.0. The number of hydrogen-bond donors (Lipinski definition) is 1. The van der Waals surface area contributed by atoms with Crippen molar-refractivity contribution < 1.29 is 4.39 Å². The predicted molar refractivity (Wildman–Crippen MR) is 61.3 cm³/mol. The number of aromatic nitrogens is 2. The molecule has 0 aliphatic rings. The van der Waals surface area contributed by atoms with Crippen LogP contribution in [0.4, 0.5) is 10.3 Å². The van der Waals surface area contributed by atoms with E-state index in [1.807, 2.05) is 6.07 Å². The van der Waals surface area contributed by atoms with Crippen LogP contribution >= 0.6 is 0 Å². The lowest BCUT2D eigenvalue weighted by Crippen LogP contribution is -1.99. The first-order valence-corrected chi connectivity index (χ1v) is 4.91. The Hall–Kier alpha value is -2.48. The van der Waals surface area contributed by atoms with Crippen LogP contribution in [0.15, 0.2) is 24.4 Å². The van der Waals surface area contributed by atoms with Gasteiger partial charge >= 0.3 is 0 Å². The average Bonchev–Trinajstić information content (AvgIpc) is 2.33. The standard InChI is InChI=1S/C12H9FN4/c1-7-6-16-12(15)17-11(7)9-4-8(5-14)2-3-10(9)13/h2-4,6H,1H3,(H2,15,16,17). The maximum atomic E-state index is 13.7. The van der Waals surface area contributed by atoms with Gasteiger partial charge in [0, 0.05) is 11.8 Å². The quantitative estimate of drug-likeness (QED) is 0.810. The van der Waals surface area contributed by atoms with Crippen molar-refractivity contribution in [3.8, 4) is 17.3 Å². The van der Waals surface area contributed by atoms with Crippen molar-refractivity contribution >= 4 is 5.95 Å². The highest BCUT2D eigenvalue weighted by molar-refractivity contribution is 5.65. The second-order valence-corrected chi connectivity index (χ2v) is 3.57. The molecule has 0 spiro atoms. The zero-order valence-electron chi connectivity index (χ0n) is 9.11. The monoisotopic (exact) mass is 228 g/mol. The minimum absolute atomic E-state index is 0.0763. The van der Waals surface area contributed by atoms with E-state index in [1.54, 1.807) is 6.92 Å². The summed E-state index contributed by atoms with van der Waals surface area (Å²) in [6, 6.07) is 6.06. The van der Waals surface area contributed by atoms with E-state index in [0.717, 1.165) is 0 Å². The largest absolute Gasteiger partial charge is 0.368 e. The van der Waals surface area contributed by atoms with E-state index in [9.17, 15) is 4.39 Å². The van der Waals surface area contributed by atoms with Gasteiger partial charge in [-0.1, -0.05) is 0 Å². The zero-order valence-corrected chi connectivity index (χ0v) is 9.11. The van der Waals surface area contributed by atoms with Gasteiger partial charge in [-0.15, -0.1) is 0 Å². The lowest BCUT2D eigenvalue weighted by molar-refractivity contribution is 0.630. The smallest absolute Gasteiger partial charge is 0.220 e. The van der Waals surface area contributed by atoms with Gasteiger partial charge in [-0.2, -0.15) is 5.26 Å². The maximum absolute atomic E-state index is 13.7. The van der Waals surface area contributed by atoms with E-state index < -0.39 is 5.82 Å². The molecule has 0 aliphatic carbocycles. The van der Waals surface area contributed by atoms with Gasteiger partial charge in [0.25, 0.3) is 0 Å². The molecular weight excluding hydrogens is 219 g/mol. The van der Waals surface area contributed by atoms with Gasteiger partial charge < -0.3 is 5.73 Å². The third-order valence-corrected chi connectivity index (χ3v) is 2.34. The number of anilines is 1. The van der Waals surface area contributed by atoms with E-state index in [4.69, 9.17) is 11.0 Å². The average molecular weight is 228 g/mol. The maximum Gasteiger partial charge on any atom is 0.220 e. The Morgan fingerprint density at radius 2 is 2.18 bits per heavy atom. The molecule has 1 aromatic carbocycles. The lowest BCUT2D eigenvalue weighted by Gasteiger charge is -2.06. The highest BCUT2D eigenvalue weighted by Crippen LogP contribution is 2.25. The summed E-state index contributed by atoms with van der Waals surface area (Å²) in [4.78, 5) is 7.81. The summed E-state index contributed by atoms with van der Waals surface area (Å²) in [5.41, 5.74) is 7.22. The van der Waals surface area contributed by atoms with Crippen LogP contribution in [0.25, 0.3) is 11.3 Å². The molecule has 0 atom stereocenters. The molecule has 2 rings (SSSR count). The number of halogens is 1. The van der Waals surface area contributed by atoms with Gasteiger partial charge in [-0.25, -0.2) is 14.4 Å². The molecule has 1 heterocycles. The number of nitrogens with zero attached hydrogens (tertiary/aromatic N) is 3. The first-order chi connectivity index (χ1) is 8.11. The summed E-state index contributed by atoms with van der Waals surface area (Å²) < 4.78 is 13.7. The van der Waals surface area contributed by atoms with Crippen molar-refractivity contribution in [3.63, 3.8) is 0 Å². The summed E-state index contributed by atoms with van der Waals surface area (Å²) in [5, 5.41) is 8.79. The molecule has 0 saturated carbocycles. The van der Waals surface area contributed by atoms with Gasteiger partial charge in [0.05, 0.1) is 17.3 Å². The van der Waals surface area contributed by atoms with E-state index in [0.29, 0.717) is 16.8 Å². The third-order valence-electron chi connectivity index (χ3n) is 2.34. The highest BCUT2D eigenvalue weighted by atomic mass is 19.1. The van der Waals surface area contributed by atoms with Crippen molar-refractivity contribution in [2.75, 3.05) is 5.73 Å². The van der Waals surface area contributed by atoms with Gasteiger partial charge in [-0.3, -0.25) is 0 Å².